The number of hydrogen-bond acceptors (Lipinski definition) is 1. The largest absolute Gasteiger partial charge is 1.00 e. The molecule has 3 heteroatoms. The van der Waals surface area contributed by atoms with E-state index in [9.17, 15) is 4.79 Å². The van der Waals surface area contributed by atoms with Crippen LogP contribution in [0, 0.1) is 0 Å². The van der Waals surface area contributed by atoms with E-state index in [1.54, 1.807) is 6.41 Å². The van der Waals surface area contributed by atoms with Crippen LogP contribution >= 0.6 is 0 Å². The van der Waals surface area contributed by atoms with Crippen molar-refractivity contribution in [3.63, 3.8) is 0 Å². The third kappa shape index (κ3) is 3.68. The minimum Gasteiger partial charge on any atom is -0.490 e. The molecule has 0 fully saturated rings. The van der Waals surface area contributed by atoms with Gasteiger partial charge in [0.05, 0.1) is 6.41 Å². The van der Waals surface area contributed by atoms with Crippen molar-refractivity contribution in [3.05, 3.63) is 23.9 Å². The van der Waals surface area contributed by atoms with Crippen LogP contribution in [0.2, 0.25) is 0 Å². The Hall–Kier alpha value is 0.586. The number of carbonyl (C=O) groups excluding carboxylic acids is 1. The second-order valence-corrected chi connectivity index (χ2v) is 1.87. The van der Waals surface area contributed by atoms with Crippen LogP contribution in [0.5, 0.6) is 0 Å². The molecule has 1 N–H and O–H groups in total. The van der Waals surface area contributed by atoms with E-state index in [0.29, 0.717) is 0 Å². The van der Waals surface area contributed by atoms with Crippen molar-refractivity contribution in [1.82, 2.24) is 5.32 Å². The Balaban J connectivity index is 0.000000810. The number of amides is 1. The maximum absolute atomic E-state index is 9.76. The van der Waals surface area contributed by atoms with Gasteiger partial charge in [-0.2, -0.15) is 0 Å². The molecular formula is C7H8KNO. The average Bonchev–Trinajstić information content (AvgIpc) is 1.91. The van der Waals surface area contributed by atoms with E-state index in [4.69, 9.17) is 0 Å². The first-order valence-corrected chi connectivity index (χ1v) is 2.93. The monoisotopic (exact) mass is 161 g/mol. The van der Waals surface area contributed by atoms with Crippen LogP contribution in [0.15, 0.2) is 23.9 Å². The predicted octanol–water partition coefficient (Wildman–Crippen LogP) is -2.12. The first-order chi connectivity index (χ1) is 4.43. The van der Waals surface area contributed by atoms with Crippen molar-refractivity contribution in [1.29, 1.82) is 0 Å². The number of hydrogen-bond donors (Lipinski definition) is 1. The van der Waals surface area contributed by atoms with Crippen LogP contribution in [0.3, 0.4) is 0 Å². The van der Waals surface area contributed by atoms with Crippen molar-refractivity contribution in [2.45, 2.75) is 12.8 Å². The molecule has 0 saturated carbocycles. The van der Waals surface area contributed by atoms with Crippen LogP contribution in [0.4, 0.5) is 0 Å². The molecule has 0 aliphatic heterocycles. The molecule has 10 heavy (non-hydrogen) atoms. The molecule has 1 aliphatic rings. The van der Waals surface area contributed by atoms with Crippen molar-refractivity contribution in [2.75, 3.05) is 0 Å². The van der Waals surface area contributed by atoms with Gasteiger partial charge in [-0.25, -0.2) is 0 Å². The second kappa shape index (κ2) is 6.31. The first-order valence-electron chi connectivity index (χ1n) is 2.93. The molecule has 0 heterocycles. The summed E-state index contributed by atoms with van der Waals surface area (Å²) in [6, 6.07) is 0. The summed E-state index contributed by atoms with van der Waals surface area (Å²) in [4.78, 5) is 9.76. The van der Waals surface area contributed by atoms with Crippen molar-refractivity contribution >= 4 is 6.41 Å². The van der Waals surface area contributed by atoms with Gasteiger partial charge in [0, 0.05) is 0 Å². The predicted molar refractivity (Wildman–Crippen MR) is 35.3 cm³/mol. The molecule has 0 saturated heterocycles. The summed E-state index contributed by atoms with van der Waals surface area (Å²) in [7, 11) is 0. The van der Waals surface area contributed by atoms with Gasteiger partial charge in [0.1, 0.15) is 0 Å². The molecule has 2 nitrogen and oxygen atoms in total. The van der Waals surface area contributed by atoms with Gasteiger partial charge in [0.15, 0.2) is 0 Å². The fourth-order valence-corrected chi connectivity index (χ4v) is 0.765. The number of allylic oxidation sites excluding steroid dienone is 3. The summed E-state index contributed by atoms with van der Waals surface area (Å²) in [5.74, 6) is 0. The van der Waals surface area contributed by atoms with Gasteiger partial charge in [-0.3, -0.25) is 0 Å². The molecule has 0 radical (unpaired) electrons. The smallest absolute Gasteiger partial charge is 0.490 e. The van der Waals surface area contributed by atoms with E-state index >= 15 is 0 Å². The molecule has 0 spiro atoms. The number of rotatable bonds is 2. The molecule has 0 aromatic carbocycles. The normalized spacial score (nSPS) is 15.0. The summed E-state index contributed by atoms with van der Waals surface area (Å²) < 4.78 is 0. The SMILES string of the molecule is O=[C-]NC1=CCCC=C1.[K+]. The van der Waals surface area contributed by atoms with E-state index in [1.807, 2.05) is 18.2 Å². The maximum atomic E-state index is 9.76. The summed E-state index contributed by atoms with van der Waals surface area (Å²) in [5.41, 5.74) is 0.858. The Morgan fingerprint density at radius 1 is 1.50 bits per heavy atom. The molecule has 1 aliphatic carbocycles. The van der Waals surface area contributed by atoms with E-state index in [0.717, 1.165) is 18.5 Å². The first kappa shape index (κ1) is 10.6. The van der Waals surface area contributed by atoms with E-state index in [-0.39, 0.29) is 51.4 Å². The summed E-state index contributed by atoms with van der Waals surface area (Å²) >= 11 is 0. The zero-order valence-corrected chi connectivity index (χ0v) is 9.18. The fourth-order valence-electron chi connectivity index (χ4n) is 0.765. The Labute approximate surface area is 103 Å². The zero-order valence-electron chi connectivity index (χ0n) is 6.05. The molecule has 0 aromatic heterocycles. The van der Waals surface area contributed by atoms with Gasteiger partial charge in [-0.15, -0.1) is 23.9 Å². The summed E-state index contributed by atoms with van der Waals surface area (Å²) in [6.45, 7) is 0. The van der Waals surface area contributed by atoms with Gasteiger partial charge < -0.3 is 10.1 Å². The topological polar surface area (TPSA) is 29.1 Å². The van der Waals surface area contributed by atoms with E-state index in [1.165, 1.54) is 0 Å². The van der Waals surface area contributed by atoms with Gasteiger partial charge in [-0.1, -0.05) is 0 Å². The minimum atomic E-state index is 0. The number of nitrogens with one attached hydrogen (secondary N) is 1. The van der Waals surface area contributed by atoms with E-state index in [2.05, 4.69) is 5.32 Å². The maximum Gasteiger partial charge on any atom is 1.00 e. The molecule has 1 amide bonds. The third-order valence-corrected chi connectivity index (χ3v) is 1.19. The quantitative estimate of drug-likeness (QED) is 0.280. The average molecular weight is 161 g/mol. The van der Waals surface area contributed by atoms with Crippen molar-refractivity contribution < 1.29 is 56.2 Å². The van der Waals surface area contributed by atoms with Crippen LogP contribution in [-0.4, -0.2) is 6.41 Å². The second-order valence-electron chi connectivity index (χ2n) is 1.87. The van der Waals surface area contributed by atoms with Crippen molar-refractivity contribution in [2.24, 2.45) is 0 Å². The molecular weight excluding hydrogens is 153 g/mol. The minimum absolute atomic E-state index is 0. The Kier molecular flexibility index (Phi) is 6.68. The molecule has 0 bridgehead atoms. The van der Waals surface area contributed by atoms with Gasteiger partial charge in [0.2, 0.25) is 0 Å². The van der Waals surface area contributed by atoms with Crippen LogP contribution in [-0.2, 0) is 4.79 Å². The Morgan fingerprint density at radius 3 is 2.80 bits per heavy atom. The van der Waals surface area contributed by atoms with Crippen molar-refractivity contribution in [3.8, 4) is 0 Å². The van der Waals surface area contributed by atoms with E-state index < -0.39 is 0 Å². The molecule has 0 atom stereocenters. The van der Waals surface area contributed by atoms with Gasteiger partial charge >= 0.3 is 51.4 Å². The fraction of sp³-hybridized carbons (Fsp3) is 0.286. The van der Waals surface area contributed by atoms with Crippen LogP contribution < -0.4 is 56.7 Å². The Morgan fingerprint density at radius 2 is 2.30 bits per heavy atom. The molecule has 0 aromatic rings. The summed E-state index contributed by atoms with van der Waals surface area (Å²) in [5, 5.41) is 2.45. The van der Waals surface area contributed by atoms with Crippen LogP contribution in [0.1, 0.15) is 12.8 Å². The zero-order chi connectivity index (χ0) is 6.53. The molecule has 0 unspecified atom stereocenters. The van der Waals surface area contributed by atoms with Crippen LogP contribution in [0.25, 0.3) is 0 Å². The Bertz CT molecular complexity index is 163. The summed E-state index contributed by atoms with van der Waals surface area (Å²) in [6.07, 6.45) is 9.59. The van der Waals surface area contributed by atoms with Gasteiger partial charge in [-0.05, 0) is 12.8 Å². The van der Waals surface area contributed by atoms with Gasteiger partial charge in [0.25, 0.3) is 0 Å². The standard InChI is InChI=1S/C7H8NO.K/c9-6-8-7-4-2-1-3-5-7;/h2,4-5H,1,3H2,(H,8,9);/q-1;+1. The molecule has 1 rings (SSSR count). The molecule has 48 valence electrons. The third-order valence-electron chi connectivity index (χ3n) is 1.19.